The fourth-order valence-corrected chi connectivity index (χ4v) is 1.81. The molecule has 0 atom stereocenters. The number of rotatable bonds is 4. The van der Waals surface area contributed by atoms with Gasteiger partial charge >= 0.3 is 0 Å². The maximum absolute atomic E-state index is 13.7. The van der Waals surface area contributed by atoms with Crippen molar-refractivity contribution in [2.45, 2.75) is 26.7 Å². The first-order valence-corrected chi connectivity index (χ1v) is 6.67. The van der Waals surface area contributed by atoms with Crippen LogP contribution in [-0.2, 0) is 0 Å². The molecule has 0 spiro atoms. The molecule has 0 bridgehead atoms. The predicted octanol–water partition coefficient (Wildman–Crippen LogP) is 3.38. The van der Waals surface area contributed by atoms with Gasteiger partial charge in [0.15, 0.2) is 11.6 Å². The number of halogens is 1. The van der Waals surface area contributed by atoms with Crippen molar-refractivity contribution in [3.63, 3.8) is 0 Å². The van der Waals surface area contributed by atoms with Gasteiger partial charge in [0.2, 0.25) is 0 Å². The van der Waals surface area contributed by atoms with Crippen molar-refractivity contribution in [1.29, 1.82) is 0 Å². The molecule has 0 unspecified atom stereocenters. The summed E-state index contributed by atoms with van der Waals surface area (Å²) in [7, 11) is 1.43. The molecule has 5 nitrogen and oxygen atoms in total. The second-order valence-corrected chi connectivity index (χ2v) is 5.07. The molecule has 0 amide bonds. The van der Waals surface area contributed by atoms with Crippen LogP contribution in [0.2, 0.25) is 0 Å². The number of aromatic nitrogens is 2. The van der Waals surface area contributed by atoms with Crippen molar-refractivity contribution in [2.75, 3.05) is 18.2 Å². The number of hydrogen-bond acceptors (Lipinski definition) is 5. The minimum atomic E-state index is -0.439. The lowest BCUT2D eigenvalue weighted by atomic mass is 10.2. The first-order chi connectivity index (χ1) is 9.92. The van der Waals surface area contributed by atoms with Crippen LogP contribution >= 0.6 is 0 Å². The number of nitrogens with one attached hydrogen (secondary N) is 1. The van der Waals surface area contributed by atoms with Gasteiger partial charge in [-0.3, -0.25) is 0 Å². The van der Waals surface area contributed by atoms with Crippen LogP contribution in [0.4, 0.5) is 21.7 Å². The van der Waals surface area contributed by atoms with E-state index in [1.165, 1.54) is 13.2 Å². The Bertz CT molecular complexity index is 658. The summed E-state index contributed by atoms with van der Waals surface area (Å²) in [5.74, 6) is 1.56. The largest absolute Gasteiger partial charge is 0.494 e. The smallest absolute Gasteiger partial charge is 0.167 e. The lowest BCUT2D eigenvalue weighted by Gasteiger charge is -2.14. The first-order valence-electron chi connectivity index (χ1n) is 6.67. The number of hydrogen-bond donors (Lipinski definition) is 2. The number of anilines is 3. The second kappa shape index (κ2) is 5.95. The van der Waals surface area contributed by atoms with E-state index in [0.717, 1.165) is 5.56 Å². The molecule has 6 heteroatoms. The molecule has 1 heterocycles. The maximum atomic E-state index is 13.7. The van der Waals surface area contributed by atoms with Crippen LogP contribution < -0.4 is 15.8 Å². The lowest BCUT2D eigenvalue weighted by Crippen LogP contribution is -2.08. The molecule has 1 aromatic carbocycles. The Labute approximate surface area is 123 Å². The SMILES string of the molecule is COc1ccc(Nc2nc(C(C)C)nc(N)c2C)cc1F. The van der Waals surface area contributed by atoms with E-state index in [9.17, 15) is 4.39 Å². The van der Waals surface area contributed by atoms with Crippen molar-refractivity contribution < 1.29 is 9.13 Å². The number of methoxy groups -OCH3 is 1. The van der Waals surface area contributed by atoms with E-state index < -0.39 is 5.82 Å². The molecule has 112 valence electrons. The molecular formula is C15H19FN4O. The van der Waals surface area contributed by atoms with Crippen molar-refractivity contribution >= 4 is 17.3 Å². The standard InChI is InChI=1S/C15H19FN4O/c1-8(2)14-19-13(17)9(3)15(20-14)18-10-5-6-12(21-4)11(16)7-10/h5-8H,1-4H3,(H3,17,18,19,20). The molecule has 0 aliphatic heterocycles. The maximum Gasteiger partial charge on any atom is 0.167 e. The fourth-order valence-electron chi connectivity index (χ4n) is 1.81. The first kappa shape index (κ1) is 15.0. The Kier molecular flexibility index (Phi) is 4.26. The van der Waals surface area contributed by atoms with Gasteiger partial charge in [-0.15, -0.1) is 0 Å². The van der Waals surface area contributed by atoms with E-state index in [-0.39, 0.29) is 11.7 Å². The van der Waals surface area contributed by atoms with Gasteiger partial charge in [0.25, 0.3) is 0 Å². The van der Waals surface area contributed by atoms with Crippen LogP contribution in [0, 0.1) is 12.7 Å². The zero-order chi connectivity index (χ0) is 15.6. The highest BCUT2D eigenvalue weighted by molar-refractivity contribution is 5.64. The van der Waals surface area contributed by atoms with Crippen LogP contribution in [0.3, 0.4) is 0 Å². The predicted molar refractivity (Wildman–Crippen MR) is 81.5 cm³/mol. The van der Waals surface area contributed by atoms with Crippen LogP contribution in [0.1, 0.15) is 31.2 Å². The van der Waals surface area contributed by atoms with E-state index >= 15 is 0 Å². The molecule has 0 saturated heterocycles. The zero-order valence-corrected chi connectivity index (χ0v) is 12.6. The molecule has 2 rings (SSSR count). The lowest BCUT2D eigenvalue weighted by molar-refractivity contribution is 0.386. The van der Waals surface area contributed by atoms with E-state index in [4.69, 9.17) is 10.5 Å². The van der Waals surface area contributed by atoms with Crippen molar-refractivity contribution in [3.8, 4) is 5.75 Å². The second-order valence-electron chi connectivity index (χ2n) is 5.07. The van der Waals surface area contributed by atoms with Crippen molar-refractivity contribution in [1.82, 2.24) is 9.97 Å². The third-order valence-corrected chi connectivity index (χ3v) is 3.13. The van der Waals surface area contributed by atoms with E-state index in [1.54, 1.807) is 12.1 Å². The van der Waals surface area contributed by atoms with Crippen molar-refractivity contribution in [2.24, 2.45) is 0 Å². The summed E-state index contributed by atoms with van der Waals surface area (Å²) in [4.78, 5) is 8.70. The van der Waals surface area contributed by atoms with Gasteiger partial charge in [-0.05, 0) is 19.1 Å². The molecular weight excluding hydrogens is 271 g/mol. The highest BCUT2D eigenvalue weighted by Gasteiger charge is 2.12. The van der Waals surface area contributed by atoms with Crippen molar-refractivity contribution in [3.05, 3.63) is 35.4 Å². The van der Waals surface area contributed by atoms with Crippen LogP contribution in [0.25, 0.3) is 0 Å². The van der Waals surface area contributed by atoms with Gasteiger partial charge in [-0.25, -0.2) is 14.4 Å². The Morgan fingerprint density at radius 2 is 2.00 bits per heavy atom. The van der Waals surface area contributed by atoms with E-state index in [2.05, 4.69) is 15.3 Å². The monoisotopic (exact) mass is 290 g/mol. The number of nitrogen functional groups attached to an aromatic ring is 1. The van der Waals surface area contributed by atoms with E-state index in [0.29, 0.717) is 23.1 Å². The molecule has 0 fully saturated rings. The number of nitrogens with two attached hydrogens (primary N) is 1. The number of ether oxygens (including phenoxy) is 1. The Hall–Kier alpha value is -2.37. The molecule has 0 aliphatic carbocycles. The molecule has 21 heavy (non-hydrogen) atoms. The third-order valence-electron chi connectivity index (χ3n) is 3.13. The highest BCUT2D eigenvalue weighted by Crippen LogP contribution is 2.26. The number of benzene rings is 1. The molecule has 2 aromatic rings. The van der Waals surface area contributed by atoms with Gasteiger partial charge in [0.05, 0.1) is 7.11 Å². The van der Waals surface area contributed by atoms with Gasteiger partial charge in [-0.2, -0.15) is 0 Å². The normalized spacial score (nSPS) is 10.8. The molecule has 0 aliphatic rings. The van der Waals surface area contributed by atoms with Gasteiger partial charge < -0.3 is 15.8 Å². The van der Waals surface area contributed by atoms with Gasteiger partial charge in [0, 0.05) is 23.2 Å². The third kappa shape index (κ3) is 3.21. The molecule has 0 radical (unpaired) electrons. The summed E-state index contributed by atoms with van der Waals surface area (Å²) in [6, 6.07) is 4.63. The highest BCUT2D eigenvalue weighted by atomic mass is 19.1. The minimum Gasteiger partial charge on any atom is -0.494 e. The quantitative estimate of drug-likeness (QED) is 0.903. The molecule has 1 aromatic heterocycles. The summed E-state index contributed by atoms with van der Waals surface area (Å²) < 4.78 is 18.6. The van der Waals surface area contributed by atoms with Crippen LogP contribution in [0.5, 0.6) is 5.75 Å². The van der Waals surface area contributed by atoms with Crippen LogP contribution in [0.15, 0.2) is 18.2 Å². The topological polar surface area (TPSA) is 73.1 Å². The summed E-state index contributed by atoms with van der Waals surface area (Å²) in [5.41, 5.74) is 7.21. The van der Waals surface area contributed by atoms with E-state index in [1.807, 2.05) is 20.8 Å². The Balaban J connectivity index is 2.37. The summed E-state index contributed by atoms with van der Waals surface area (Å²) >= 11 is 0. The summed E-state index contributed by atoms with van der Waals surface area (Å²) in [5, 5.41) is 3.07. The summed E-state index contributed by atoms with van der Waals surface area (Å²) in [6.45, 7) is 5.80. The average Bonchev–Trinajstić information content (AvgIpc) is 2.43. The Morgan fingerprint density at radius 3 is 2.57 bits per heavy atom. The molecule has 3 N–H and O–H groups in total. The summed E-state index contributed by atoms with van der Waals surface area (Å²) in [6.07, 6.45) is 0. The fraction of sp³-hybridized carbons (Fsp3) is 0.333. The van der Waals surface area contributed by atoms with Crippen LogP contribution in [-0.4, -0.2) is 17.1 Å². The average molecular weight is 290 g/mol. The zero-order valence-electron chi connectivity index (χ0n) is 12.6. The Morgan fingerprint density at radius 1 is 1.29 bits per heavy atom. The number of nitrogens with zero attached hydrogens (tertiary/aromatic N) is 2. The molecule has 0 saturated carbocycles. The van der Waals surface area contributed by atoms with Gasteiger partial charge in [-0.1, -0.05) is 13.8 Å². The minimum absolute atomic E-state index is 0.154. The van der Waals surface area contributed by atoms with Gasteiger partial charge in [0.1, 0.15) is 17.5 Å².